The molecule has 102 valence electrons. The molecule has 0 bridgehead atoms. The van der Waals surface area contributed by atoms with Crippen LogP contribution in [-0.2, 0) is 17.3 Å². The van der Waals surface area contributed by atoms with Crippen molar-refractivity contribution >= 4 is 26.7 Å². The van der Waals surface area contributed by atoms with Crippen molar-refractivity contribution in [3.05, 3.63) is 58.5 Å². The highest BCUT2D eigenvalue weighted by atomic mass is 79.9. The van der Waals surface area contributed by atoms with Crippen LogP contribution in [0.5, 0.6) is 0 Å². The fourth-order valence-corrected chi connectivity index (χ4v) is 2.98. The van der Waals surface area contributed by atoms with Crippen LogP contribution >= 0.6 is 15.9 Å². The molecule has 0 fully saturated rings. The van der Waals surface area contributed by atoms with Gasteiger partial charge in [-0.1, -0.05) is 30.3 Å². The van der Waals surface area contributed by atoms with E-state index in [0.717, 1.165) is 16.0 Å². The number of nitrogens with one attached hydrogen (secondary N) is 1. The van der Waals surface area contributed by atoms with Gasteiger partial charge in [-0.15, -0.1) is 0 Å². The monoisotopic (exact) mass is 341 g/mol. The molecule has 0 saturated carbocycles. The fraction of sp³-hybridized carbons (Fsp3) is 0.286. The first-order valence-electron chi connectivity index (χ1n) is 5.97. The Labute approximate surface area is 124 Å². The van der Waals surface area contributed by atoms with Gasteiger partial charge in [0.2, 0.25) is 0 Å². The standard InChI is InChI=1S/C14H16BrNO2S/c1-19(17)10-13(11-5-3-2-4-6-11)16-9-12-7-8-14(15)18-12/h2-8,13,16H,9-10H2,1H3/t13-,19+/m1/s1. The van der Waals surface area contributed by atoms with Gasteiger partial charge >= 0.3 is 0 Å². The highest BCUT2D eigenvalue weighted by Gasteiger charge is 2.13. The van der Waals surface area contributed by atoms with Gasteiger partial charge in [-0.3, -0.25) is 4.21 Å². The zero-order chi connectivity index (χ0) is 13.7. The third-order valence-electron chi connectivity index (χ3n) is 2.75. The molecule has 2 aromatic rings. The Morgan fingerprint density at radius 1 is 1.26 bits per heavy atom. The molecular weight excluding hydrogens is 326 g/mol. The molecule has 2 atom stereocenters. The molecule has 3 nitrogen and oxygen atoms in total. The Morgan fingerprint density at radius 2 is 2.00 bits per heavy atom. The number of furan rings is 1. The van der Waals surface area contributed by atoms with Gasteiger partial charge in [0.1, 0.15) is 5.76 Å². The quantitative estimate of drug-likeness (QED) is 0.876. The zero-order valence-corrected chi connectivity index (χ0v) is 13.0. The Balaban J connectivity index is 2.04. The van der Waals surface area contributed by atoms with E-state index in [4.69, 9.17) is 4.42 Å². The second kappa shape index (κ2) is 7.03. The summed E-state index contributed by atoms with van der Waals surface area (Å²) in [5.74, 6) is 1.45. The lowest BCUT2D eigenvalue weighted by Gasteiger charge is -2.17. The van der Waals surface area contributed by atoms with E-state index < -0.39 is 10.8 Å². The molecule has 1 N–H and O–H groups in total. The SMILES string of the molecule is C[S@](=O)C[C@@H](NCc1ccc(Br)o1)c1ccccc1. The summed E-state index contributed by atoms with van der Waals surface area (Å²) in [6, 6.07) is 13.9. The van der Waals surface area contributed by atoms with Gasteiger partial charge in [0.25, 0.3) is 0 Å². The Kier molecular flexibility index (Phi) is 5.36. The van der Waals surface area contributed by atoms with Crippen molar-refractivity contribution < 1.29 is 8.63 Å². The normalized spacial score (nSPS) is 14.2. The molecule has 2 rings (SSSR count). The van der Waals surface area contributed by atoms with Crippen molar-refractivity contribution in [1.29, 1.82) is 0 Å². The summed E-state index contributed by atoms with van der Waals surface area (Å²) in [6.07, 6.45) is 1.72. The summed E-state index contributed by atoms with van der Waals surface area (Å²) in [5.41, 5.74) is 1.14. The maximum atomic E-state index is 11.5. The molecule has 0 unspecified atom stereocenters. The van der Waals surface area contributed by atoms with Crippen LogP contribution in [0.3, 0.4) is 0 Å². The van der Waals surface area contributed by atoms with Gasteiger partial charge in [-0.05, 0) is 33.6 Å². The smallest absolute Gasteiger partial charge is 0.169 e. The van der Waals surface area contributed by atoms with E-state index in [-0.39, 0.29) is 6.04 Å². The summed E-state index contributed by atoms with van der Waals surface area (Å²) in [6.45, 7) is 0.613. The average molecular weight is 342 g/mol. The predicted molar refractivity (Wildman–Crippen MR) is 81.4 cm³/mol. The summed E-state index contributed by atoms with van der Waals surface area (Å²) >= 11 is 3.28. The predicted octanol–water partition coefficient (Wildman–Crippen LogP) is 3.25. The number of hydrogen-bond donors (Lipinski definition) is 1. The van der Waals surface area contributed by atoms with E-state index in [9.17, 15) is 4.21 Å². The first-order valence-corrected chi connectivity index (χ1v) is 8.50. The van der Waals surface area contributed by atoms with Crippen molar-refractivity contribution in [2.45, 2.75) is 12.6 Å². The fourth-order valence-electron chi connectivity index (χ4n) is 1.86. The Morgan fingerprint density at radius 3 is 2.58 bits per heavy atom. The van der Waals surface area contributed by atoms with Crippen molar-refractivity contribution in [1.82, 2.24) is 5.32 Å². The molecule has 0 aliphatic heterocycles. The van der Waals surface area contributed by atoms with Gasteiger partial charge in [-0.25, -0.2) is 0 Å². The zero-order valence-electron chi connectivity index (χ0n) is 10.6. The highest BCUT2D eigenvalue weighted by Crippen LogP contribution is 2.17. The molecule has 0 aliphatic rings. The van der Waals surface area contributed by atoms with Crippen LogP contribution in [0.1, 0.15) is 17.4 Å². The molecule has 0 spiro atoms. The third-order valence-corrected chi connectivity index (χ3v) is 3.98. The van der Waals surface area contributed by atoms with Crippen LogP contribution in [0.4, 0.5) is 0 Å². The number of rotatable bonds is 6. The Hall–Kier alpha value is -0.910. The van der Waals surface area contributed by atoms with Crippen LogP contribution < -0.4 is 5.32 Å². The van der Waals surface area contributed by atoms with Crippen LogP contribution in [0, 0.1) is 0 Å². The lowest BCUT2D eigenvalue weighted by atomic mass is 10.1. The molecule has 1 aromatic carbocycles. The molecule has 19 heavy (non-hydrogen) atoms. The molecular formula is C14H16BrNO2S. The molecule has 1 aromatic heterocycles. The van der Waals surface area contributed by atoms with Crippen molar-refractivity contribution in [3.63, 3.8) is 0 Å². The van der Waals surface area contributed by atoms with E-state index in [1.165, 1.54) is 0 Å². The molecule has 0 amide bonds. The van der Waals surface area contributed by atoms with E-state index in [1.807, 2.05) is 42.5 Å². The van der Waals surface area contributed by atoms with E-state index >= 15 is 0 Å². The largest absolute Gasteiger partial charge is 0.453 e. The number of benzene rings is 1. The summed E-state index contributed by atoms with van der Waals surface area (Å²) in [5, 5.41) is 3.39. The van der Waals surface area contributed by atoms with E-state index in [2.05, 4.69) is 21.2 Å². The molecule has 0 radical (unpaired) electrons. The number of halogens is 1. The van der Waals surface area contributed by atoms with Crippen LogP contribution in [0.25, 0.3) is 0 Å². The van der Waals surface area contributed by atoms with Crippen molar-refractivity contribution in [2.75, 3.05) is 12.0 Å². The topological polar surface area (TPSA) is 42.2 Å². The maximum Gasteiger partial charge on any atom is 0.169 e. The van der Waals surface area contributed by atoms with Crippen molar-refractivity contribution in [2.24, 2.45) is 0 Å². The summed E-state index contributed by atoms with van der Waals surface area (Å²) in [4.78, 5) is 0. The van der Waals surface area contributed by atoms with Gasteiger partial charge in [0.15, 0.2) is 4.67 Å². The lowest BCUT2D eigenvalue weighted by Crippen LogP contribution is -2.25. The van der Waals surface area contributed by atoms with Crippen LogP contribution in [0.2, 0.25) is 0 Å². The second-order valence-corrected chi connectivity index (χ2v) is 6.55. The average Bonchev–Trinajstić information content (AvgIpc) is 2.81. The first kappa shape index (κ1) is 14.5. The second-order valence-electron chi connectivity index (χ2n) is 4.29. The van der Waals surface area contributed by atoms with Gasteiger partial charge in [-0.2, -0.15) is 0 Å². The summed E-state index contributed by atoms with van der Waals surface area (Å²) in [7, 11) is -0.851. The van der Waals surface area contributed by atoms with Crippen molar-refractivity contribution in [3.8, 4) is 0 Å². The van der Waals surface area contributed by atoms with Gasteiger partial charge < -0.3 is 9.73 Å². The minimum absolute atomic E-state index is 0.0657. The first-order chi connectivity index (χ1) is 9.15. The minimum atomic E-state index is -0.851. The highest BCUT2D eigenvalue weighted by molar-refractivity contribution is 9.10. The maximum absolute atomic E-state index is 11.5. The molecule has 0 saturated heterocycles. The van der Waals surface area contributed by atoms with E-state index in [1.54, 1.807) is 6.26 Å². The molecule has 0 aliphatic carbocycles. The molecule has 5 heteroatoms. The molecule has 1 heterocycles. The van der Waals surface area contributed by atoms with Crippen LogP contribution in [0.15, 0.2) is 51.6 Å². The van der Waals surface area contributed by atoms with Gasteiger partial charge in [0.05, 0.1) is 6.54 Å². The van der Waals surface area contributed by atoms with E-state index in [0.29, 0.717) is 12.3 Å². The minimum Gasteiger partial charge on any atom is -0.453 e. The third kappa shape index (κ3) is 4.60. The number of hydrogen-bond acceptors (Lipinski definition) is 3. The van der Waals surface area contributed by atoms with Crippen LogP contribution in [-0.4, -0.2) is 16.2 Å². The lowest BCUT2D eigenvalue weighted by molar-refractivity contribution is 0.447. The summed E-state index contributed by atoms with van der Waals surface area (Å²) < 4.78 is 17.7. The Bertz CT molecular complexity index is 541. The van der Waals surface area contributed by atoms with Gasteiger partial charge in [0, 0.05) is 28.9 Å².